The van der Waals surface area contributed by atoms with Crippen molar-refractivity contribution in [2.45, 2.75) is 38.5 Å². The average molecular weight is 271 g/mol. The molecule has 106 valence electrons. The standard InChI is InChI=1S/C16H21N3O/c1-16(2)10-14(13-6-4-5-7-15(13)20-16)17-11-12-8-9-19(3)18-12/h4-9,14,17H,10-11H2,1-3H3. The van der Waals surface area contributed by atoms with Crippen LogP contribution in [-0.2, 0) is 13.6 Å². The third-order valence-electron chi connectivity index (χ3n) is 3.67. The second-order valence-corrected chi connectivity index (χ2v) is 6.02. The van der Waals surface area contributed by atoms with E-state index in [0.29, 0.717) is 6.04 Å². The summed E-state index contributed by atoms with van der Waals surface area (Å²) in [5.74, 6) is 0.988. The number of benzene rings is 1. The van der Waals surface area contributed by atoms with Crippen molar-refractivity contribution in [1.82, 2.24) is 15.1 Å². The summed E-state index contributed by atoms with van der Waals surface area (Å²) < 4.78 is 7.88. The van der Waals surface area contributed by atoms with Gasteiger partial charge >= 0.3 is 0 Å². The fourth-order valence-corrected chi connectivity index (χ4v) is 2.77. The number of nitrogens with one attached hydrogen (secondary N) is 1. The lowest BCUT2D eigenvalue weighted by Crippen LogP contribution is -2.39. The first-order valence-corrected chi connectivity index (χ1v) is 7.03. The van der Waals surface area contributed by atoms with Crippen molar-refractivity contribution in [2.75, 3.05) is 0 Å². The summed E-state index contributed by atoms with van der Waals surface area (Å²) in [6.07, 6.45) is 2.93. The van der Waals surface area contributed by atoms with E-state index < -0.39 is 0 Å². The molecule has 2 aromatic rings. The number of rotatable bonds is 3. The first kappa shape index (κ1) is 13.2. The molecule has 0 radical (unpaired) electrons. The van der Waals surface area contributed by atoms with Crippen molar-refractivity contribution < 1.29 is 4.74 Å². The Hall–Kier alpha value is -1.81. The molecule has 1 aromatic heterocycles. The molecule has 0 saturated heterocycles. The van der Waals surface area contributed by atoms with Crippen LogP contribution in [0.4, 0.5) is 0 Å². The summed E-state index contributed by atoms with van der Waals surface area (Å²) in [7, 11) is 1.94. The molecule has 20 heavy (non-hydrogen) atoms. The van der Waals surface area contributed by atoms with Gasteiger partial charge in [-0.05, 0) is 26.0 Å². The molecular weight excluding hydrogens is 250 g/mol. The molecule has 1 N–H and O–H groups in total. The second-order valence-electron chi connectivity index (χ2n) is 6.02. The molecule has 0 bridgehead atoms. The first-order valence-electron chi connectivity index (χ1n) is 7.03. The SMILES string of the molecule is Cn1ccc(CNC2CC(C)(C)Oc3ccccc32)n1. The van der Waals surface area contributed by atoms with Gasteiger partial charge in [-0.1, -0.05) is 18.2 Å². The number of ether oxygens (including phenoxy) is 1. The Labute approximate surface area is 119 Å². The molecule has 4 heteroatoms. The van der Waals surface area contributed by atoms with Gasteiger partial charge in [0.05, 0.1) is 5.69 Å². The van der Waals surface area contributed by atoms with E-state index in [1.54, 1.807) is 0 Å². The highest BCUT2D eigenvalue weighted by Gasteiger charge is 2.33. The van der Waals surface area contributed by atoms with Gasteiger partial charge in [-0.3, -0.25) is 4.68 Å². The van der Waals surface area contributed by atoms with Crippen LogP contribution in [0.2, 0.25) is 0 Å². The first-order chi connectivity index (χ1) is 9.53. The highest BCUT2D eigenvalue weighted by Crippen LogP contribution is 2.39. The van der Waals surface area contributed by atoms with Crippen molar-refractivity contribution in [3.63, 3.8) is 0 Å². The van der Waals surface area contributed by atoms with Crippen LogP contribution >= 0.6 is 0 Å². The molecule has 0 fully saturated rings. The molecule has 2 heterocycles. The van der Waals surface area contributed by atoms with E-state index in [1.807, 2.05) is 36.1 Å². The van der Waals surface area contributed by atoms with Gasteiger partial charge in [0.1, 0.15) is 11.4 Å². The molecule has 1 atom stereocenters. The lowest BCUT2D eigenvalue weighted by atomic mass is 9.89. The average Bonchev–Trinajstić information content (AvgIpc) is 2.80. The highest BCUT2D eigenvalue weighted by molar-refractivity contribution is 5.38. The van der Waals surface area contributed by atoms with Gasteiger partial charge in [-0.2, -0.15) is 5.10 Å². The number of fused-ring (bicyclic) bond motifs is 1. The van der Waals surface area contributed by atoms with Crippen molar-refractivity contribution in [2.24, 2.45) is 7.05 Å². The van der Waals surface area contributed by atoms with Crippen molar-refractivity contribution in [1.29, 1.82) is 0 Å². The summed E-state index contributed by atoms with van der Waals surface area (Å²) in [6.45, 7) is 5.05. The minimum absolute atomic E-state index is 0.143. The number of nitrogens with zero attached hydrogens (tertiary/aromatic N) is 2. The maximum atomic E-state index is 6.05. The minimum atomic E-state index is -0.143. The Morgan fingerprint density at radius 1 is 1.35 bits per heavy atom. The third-order valence-corrected chi connectivity index (χ3v) is 3.67. The summed E-state index contributed by atoms with van der Waals surface area (Å²) in [5.41, 5.74) is 2.16. The molecule has 0 saturated carbocycles. The van der Waals surface area contributed by atoms with E-state index in [-0.39, 0.29) is 5.60 Å². The Morgan fingerprint density at radius 3 is 2.90 bits per heavy atom. The maximum Gasteiger partial charge on any atom is 0.124 e. The molecule has 0 amide bonds. The molecule has 3 rings (SSSR count). The maximum absolute atomic E-state index is 6.05. The zero-order valence-corrected chi connectivity index (χ0v) is 12.3. The molecule has 1 aliphatic heterocycles. The monoisotopic (exact) mass is 271 g/mol. The molecule has 1 aromatic carbocycles. The number of para-hydroxylation sites is 1. The molecule has 0 aliphatic carbocycles. The van der Waals surface area contributed by atoms with E-state index in [1.165, 1.54) is 5.56 Å². The number of aryl methyl sites for hydroxylation is 1. The highest BCUT2D eigenvalue weighted by atomic mass is 16.5. The Balaban J connectivity index is 1.78. The van der Waals surface area contributed by atoms with Crippen LogP contribution in [0.25, 0.3) is 0 Å². The second kappa shape index (κ2) is 4.94. The predicted octanol–water partition coefficient (Wildman–Crippen LogP) is 2.81. The number of aromatic nitrogens is 2. The Bertz CT molecular complexity index is 603. The molecule has 1 aliphatic rings. The topological polar surface area (TPSA) is 39.1 Å². The third kappa shape index (κ3) is 2.70. The van der Waals surface area contributed by atoms with Gasteiger partial charge in [0.25, 0.3) is 0 Å². The fourth-order valence-electron chi connectivity index (χ4n) is 2.77. The smallest absolute Gasteiger partial charge is 0.124 e. The summed E-state index contributed by atoms with van der Waals surface area (Å²) in [4.78, 5) is 0. The van der Waals surface area contributed by atoms with Crippen LogP contribution in [0.5, 0.6) is 5.75 Å². The van der Waals surface area contributed by atoms with Crippen LogP contribution in [0.3, 0.4) is 0 Å². The van der Waals surface area contributed by atoms with E-state index >= 15 is 0 Å². The van der Waals surface area contributed by atoms with Gasteiger partial charge in [0.15, 0.2) is 0 Å². The summed E-state index contributed by atoms with van der Waals surface area (Å²) in [6, 6.07) is 10.6. The van der Waals surface area contributed by atoms with Crippen LogP contribution in [0, 0.1) is 0 Å². The Kier molecular flexibility index (Phi) is 3.26. The normalized spacial score (nSPS) is 20.2. The molecular formula is C16H21N3O. The van der Waals surface area contributed by atoms with E-state index in [4.69, 9.17) is 4.74 Å². The summed E-state index contributed by atoms with van der Waals surface area (Å²) in [5, 5.41) is 8.02. The molecule has 1 unspecified atom stereocenters. The quantitative estimate of drug-likeness (QED) is 0.933. The largest absolute Gasteiger partial charge is 0.487 e. The van der Waals surface area contributed by atoms with Crippen LogP contribution in [0.15, 0.2) is 36.5 Å². The zero-order chi connectivity index (χ0) is 14.2. The van der Waals surface area contributed by atoms with Gasteiger partial charge in [-0.25, -0.2) is 0 Å². The molecule has 0 spiro atoms. The van der Waals surface area contributed by atoms with Crippen LogP contribution < -0.4 is 10.1 Å². The lowest BCUT2D eigenvalue weighted by molar-refractivity contribution is 0.0656. The van der Waals surface area contributed by atoms with Gasteiger partial charge in [-0.15, -0.1) is 0 Å². The minimum Gasteiger partial charge on any atom is -0.487 e. The summed E-state index contributed by atoms with van der Waals surface area (Å²) >= 11 is 0. The predicted molar refractivity (Wildman–Crippen MR) is 78.6 cm³/mol. The Morgan fingerprint density at radius 2 is 2.15 bits per heavy atom. The lowest BCUT2D eigenvalue weighted by Gasteiger charge is -2.38. The van der Waals surface area contributed by atoms with Gasteiger partial charge in [0, 0.05) is 37.8 Å². The van der Waals surface area contributed by atoms with Crippen LogP contribution in [-0.4, -0.2) is 15.4 Å². The fraction of sp³-hybridized carbons (Fsp3) is 0.438. The van der Waals surface area contributed by atoms with E-state index in [0.717, 1.165) is 24.4 Å². The van der Waals surface area contributed by atoms with Gasteiger partial charge in [0.2, 0.25) is 0 Å². The zero-order valence-electron chi connectivity index (χ0n) is 12.3. The van der Waals surface area contributed by atoms with Crippen molar-refractivity contribution in [3.05, 3.63) is 47.8 Å². The van der Waals surface area contributed by atoms with Crippen molar-refractivity contribution in [3.8, 4) is 5.75 Å². The molecule has 4 nitrogen and oxygen atoms in total. The number of hydrogen-bond acceptors (Lipinski definition) is 3. The van der Waals surface area contributed by atoms with Gasteiger partial charge < -0.3 is 10.1 Å². The van der Waals surface area contributed by atoms with E-state index in [9.17, 15) is 0 Å². The van der Waals surface area contributed by atoms with Crippen molar-refractivity contribution >= 4 is 0 Å². The number of hydrogen-bond donors (Lipinski definition) is 1. The van der Waals surface area contributed by atoms with Crippen LogP contribution in [0.1, 0.15) is 37.6 Å². The van der Waals surface area contributed by atoms with E-state index in [2.05, 4.69) is 36.4 Å².